The lowest BCUT2D eigenvalue weighted by atomic mass is 9.86. The Morgan fingerprint density at radius 3 is 3.18 bits per heavy atom. The summed E-state index contributed by atoms with van der Waals surface area (Å²) in [6.07, 6.45) is 8.83. The quantitative estimate of drug-likeness (QED) is 0.757. The Morgan fingerprint density at radius 1 is 1.47 bits per heavy atom. The Bertz CT molecular complexity index is 388. The van der Waals surface area contributed by atoms with E-state index in [0.717, 1.165) is 30.7 Å². The molecular formula is C14H17NOS. The van der Waals surface area contributed by atoms with Crippen molar-refractivity contribution in [1.82, 2.24) is 4.98 Å². The molecule has 3 heteroatoms. The Balaban J connectivity index is 1.73. The van der Waals surface area contributed by atoms with Gasteiger partial charge in [0.1, 0.15) is 10.8 Å². The van der Waals surface area contributed by atoms with Crippen molar-refractivity contribution in [3.8, 4) is 0 Å². The SMILES string of the molecule is O=C1CCCC(C/C=C/Sc2ccccn2)C1. The first-order chi connectivity index (χ1) is 8.34. The number of aromatic nitrogens is 1. The molecule has 1 saturated carbocycles. The minimum Gasteiger partial charge on any atom is -0.300 e. The van der Waals surface area contributed by atoms with E-state index >= 15 is 0 Å². The highest BCUT2D eigenvalue weighted by Crippen LogP contribution is 2.25. The van der Waals surface area contributed by atoms with E-state index in [9.17, 15) is 4.79 Å². The Hall–Kier alpha value is -1.09. The second-order valence-electron chi connectivity index (χ2n) is 4.39. The van der Waals surface area contributed by atoms with Crippen molar-refractivity contribution in [3.05, 3.63) is 35.9 Å². The van der Waals surface area contributed by atoms with Crippen LogP contribution in [0.2, 0.25) is 0 Å². The number of carbonyl (C=O) groups excluding carboxylic acids is 1. The number of nitrogens with zero attached hydrogens (tertiary/aromatic N) is 1. The summed E-state index contributed by atoms with van der Waals surface area (Å²) < 4.78 is 0. The van der Waals surface area contributed by atoms with Gasteiger partial charge in [-0.1, -0.05) is 23.9 Å². The average molecular weight is 247 g/mol. The predicted octanol–water partition coefficient (Wildman–Crippen LogP) is 3.84. The number of carbonyl (C=O) groups is 1. The fraction of sp³-hybridized carbons (Fsp3) is 0.429. The van der Waals surface area contributed by atoms with Crippen molar-refractivity contribution in [1.29, 1.82) is 0 Å². The van der Waals surface area contributed by atoms with Gasteiger partial charge in [0.2, 0.25) is 0 Å². The molecule has 0 N–H and O–H groups in total. The fourth-order valence-electron chi connectivity index (χ4n) is 2.10. The van der Waals surface area contributed by atoms with Crippen LogP contribution in [0.15, 0.2) is 40.9 Å². The predicted molar refractivity (Wildman–Crippen MR) is 70.8 cm³/mol. The van der Waals surface area contributed by atoms with E-state index in [2.05, 4.69) is 16.5 Å². The molecule has 1 fully saturated rings. The number of thioether (sulfide) groups is 1. The van der Waals surface area contributed by atoms with E-state index in [1.165, 1.54) is 6.42 Å². The molecule has 0 amide bonds. The molecule has 0 spiro atoms. The van der Waals surface area contributed by atoms with Crippen LogP contribution in [0, 0.1) is 5.92 Å². The van der Waals surface area contributed by atoms with Crippen molar-refractivity contribution in [2.75, 3.05) is 0 Å². The van der Waals surface area contributed by atoms with E-state index in [4.69, 9.17) is 0 Å². The molecule has 1 atom stereocenters. The third kappa shape index (κ3) is 4.35. The van der Waals surface area contributed by atoms with Gasteiger partial charge in [-0.15, -0.1) is 0 Å². The second kappa shape index (κ2) is 6.60. The first-order valence-electron chi connectivity index (χ1n) is 6.09. The van der Waals surface area contributed by atoms with Gasteiger partial charge < -0.3 is 0 Å². The lowest BCUT2D eigenvalue weighted by Gasteiger charge is -2.18. The van der Waals surface area contributed by atoms with Gasteiger partial charge in [0.05, 0.1) is 0 Å². The van der Waals surface area contributed by atoms with Gasteiger partial charge in [-0.3, -0.25) is 4.79 Å². The van der Waals surface area contributed by atoms with Crippen molar-refractivity contribution in [2.45, 2.75) is 37.1 Å². The molecule has 1 aliphatic rings. The van der Waals surface area contributed by atoms with Gasteiger partial charge in [-0.25, -0.2) is 4.98 Å². The molecule has 17 heavy (non-hydrogen) atoms. The van der Waals surface area contributed by atoms with Crippen LogP contribution < -0.4 is 0 Å². The zero-order valence-corrected chi connectivity index (χ0v) is 10.7. The lowest BCUT2D eigenvalue weighted by Crippen LogP contribution is -2.13. The van der Waals surface area contributed by atoms with E-state index in [-0.39, 0.29) is 0 Å². The Labute approximate surface area is 107 Å². The van der Waals surface area contributed by atoms with Crippen molar-refractivity contribution in [2.24, 2.45) is 5.92 Å². The first kappa shape index (κ1) is 12.4. The van der Waals surface area contributed by atoms with Crippen LogP contribution in [-0.4, -0.2) is 10.8 Å². The summed E-state index contributed by atoms with van der Waals surface area (Å²) in [6, 6.07) is 5.91. The molecule has 1 aliphatic carbocycles. The summed E-state index contributed by atoms with van der Waals surface area (Å²) in [5.74, 6) is 1.00. The van der Waals surface area contributed by atoms with Crippen molar-refractivity contribution < 1.29 is 4.79 Å². The van der Waals surface area contributed by atoms with Gasteiger partial charge in [0.25, 0.3) is 0 Å². The second-order valence-corrected chi connectivity index (χ2v) is 5.32. The summed E-state index contributed by atoms with van der Waals surface area (Å²) >= 11 is 1.63. The van der Waals surface area contributed by atoms with Crippen LogP contribution in [0.3, 0.4) is 0 Å². The standard InChI is InChI=1S/C14H17NOS/c16-13-7-3-5-12(11-13)6-4-10-17-14-8-1-2-9-15-14/h1-2,4,8-10,12H,3,5-7,11H2/b10-4+. The fourth-order valence-corrected chi connectivity index (χ4v) is 2.72. The molecule has 0 radical (unpaired) electrons. The van der Waals surface area contributed by atoms with Crippen molar-refractivity contribution in [3.63, 3.8) is 0 Å². The maximum atomic E-state index is 11.3. The van der Waals surface area contributed by atoms with Gasteiger partial charge in [-0.2, -0.15) is 0 Å². The lowest BCUT2D eigenvalue weighted by molar-refractivity contribution is -0.121. The Morgan fingerprint density at radius 2 is 2.41 bits per heavy atom. The molecule has 1 aromatic heterocycles. The smallest absolute Gasteiger partial charge is 0.133 e. The largest absolute Gasteiger partial charge is 0.300 e. The van der Waals surface area contributed by atoms with Gasteiger partial charge in [-0.05, 0) is 42.7 Å². The van der Waals surface area contributed by atoms with Crippen LogP contribution in [0.25, 0.3) is 0 Å². The molecule has 1 aromatic rings. The number of ketones is 1. The molecule has 2 rings (SSSR count). The monoisotopic (exact) mass is 247 g/mol. The maximum absolute atomic E-state index is 11.3. The summed E-state index contributed by atoms with van der Waals surface area (Å²) in [7, 11) is 0. The van der Waals surface area contributed by atoms with E-state index in [0.29, 0.717) is 11.7 Å². The molecule has 0 aliphatic heterocycles. The minimum absolute atomic E-state index is 0.437. The summed E-state index contributed by atoms with van der Waals surface area (Å²) in [4.78, 5) is 15.5. The number of rotatable bonds is 4. The number of Topliss-reactive ketones (excluding diaryl/α,β-unsaturated/α-hetero) is 1. The highest BCUT2D eigenvalue weighted by Gasteiger charge is 2.17. The number of hydrogen-bond acceptors (Lipinski definition) is 3. The minimum atomic E-state index is 0.437. The van der Waals surface area contributed by atoms with Crippen LogP contribution in [0.1, 0.15) is 32.1 Å². The molecule has 0 aromatic carbocycles. The summed E-state index contributed by atoms with van der Waals surface area (Å²) in [6.45, 7) is 0. The molecule has 0 saturated heterocycles. The molecule has 2 nitrogen and oxygen atoms in total. The third-order valence-electron chi connectivity index (χ3n) is 2.98. The van der Waals surface area contributed by atoms with E-state index in [1.54, 1.807) is 18.0 Å². The molecule has 1 unspecified atom stereocenters. The van der Waals surface area contributed by atoms with Gasteiger partial charge >= 0.3 is 0 Å². The van der Waals surface area contributed by atoms with E-state index < -0.39 is 0 Å². The molecule has 1 heterocycles. The summed E-state index contributed by atoms with van der Waals surface area (Å²) in [5.41, 5.74) is 0. The zero-order valence-electron chi connectivity index (χ0n) is 9.84. The number of pyridine rings is 1. The summed E-state index contributed by atoms with van der Waals surface area (Å²) in [5, 5.41) is 3.10. The molecule has 0 bridgehead atoms. The highest BCUT2D eigenvalue weighted by atomic mass is 32.2. The van der Waals surface area contributed by atoms with Gasteiger partial charge in [0, 0.05) is 19.0 Å². The zero-order chi connectivity index (χ0) is 11.9. The first-order valence-corrected chi connectivity index (χ1v) is 6.97. The van der Waals surface area contributed by atoms with Gasteiger partial charge in [0.15, 0.2) is 0 Å². The third-order valence-corrected chi connectivity index (χ3v) is 3.79. The maximum Gasteiger partial charge on any atom is 0.133 e. The molecule has 90 valence electrons. The topological polar surface area (TPSA) is 30.0 Å². The van der Waals surface area contributed by atoms with Crippen LogP contribution in [0.5, 0.6) is 0 Å². The number of hydrogen-bond donors (Lipinski definition) is 0. The van der Waals surface area contributed by atoms with E-state index in [1.807, 2.05) is 18.2 Å². The van der Waals surface area contributed by atoms with Crippen LogP contribution in [-0.2, 0) is 4.79 Å². The normalized spacial score (nSPS) is 20.9. The van der Waals surface area contributed by atoms with Crippen LogP contribution >= 0.6 is 11.8 Å². The van der Waals surface area contributed by atoms with Crippen molar-refractivity contribution >= 4 is 17.5 Å². The highest BCUT2D eigenvalue weighted by molar-refractivity contribution is 8.02. The molecular weight excluding hydrogens is 230 g/mol. The average Bonchev–Trinajstić information content (AvgIpc) is 2.36. The Kier molecular flexibility index (Phi) is 4.80. The number of allylic oxidation sites excluding steroid dienone is 1. The van der Waals surface area contributed by atoms with Crippen LogP contribution in [0.4, 0.5) is 0 Å².